The highest BCUT2D eigenvalue weighted by molar-refractivity contribution is 9.10. The topological polar surface area (TPSA) is 46.2 Å². The lowest BCUT2D eigenvalue weighted by Gasteiger charge is -2.07. The van der Waals surface area contributed by atoms with Crippen LogP contribution in [0.3, 0.4) is 0 Å². The molecule has 1 N–H and O–H groups in total. The van der Waals surface area contributed by atoms with Crippen LogP contribution < -0.4 is 4.72 Å². The van der Waals surface area contributed by atoms with Gasteiger partial charge >= 0.3 is 0 Å². The first-order valence-corrected chi connectivity index (χ1v) is 6.58. The molecule has 0 saturated carbocycles. The molecule has 0 saturated heterocycles. The van der Waals surface area contributed by atoms with E-state index in [1.54, 1.807) is 19.1 Å². The molecule has 0 radical (unpaired) electrons. The van der Waals surface area contributed by atoms with Gasteiger partial charge in [-0.2, -0.15) is 0 Å². The smallest absolute Gasteiger partial charge is 0.211 e. The van der Waals surface area contributed by atoms with E-state index in [1.165, 1.54) is 6.07 Å². The zero-order chi connectivity index (χ0) is 10.8. The largest absolute Gasteiger partial charge is 0.243 e. The second kappa shape index (κ2) is 4.61. The van der Waals surface area contributed by atoms with Crippen LogP contribution in [0.25, 0.3) is 0 Å². The first-order valence-electron chi connectivity index (χ1n) is 3.92. The highest BCUT2D eigenvalue weighted by atomic mass is 79.9. The van der Waals surface area contributed by atoms with E-state index >= 15 is 0 Å². The van der Waals surface area contributed by atoms with Crippen LogP contribution in [0.1, 0.15) is 6.92 Å². The van der Waals surface area contributed by atoms with Crippen LogP contribution in [0.5, 0.6) is 0 Å². The standard InChI is InChI=1S/C8H9BrClNO2S/c1-2-11-14(12,13)8-6(9)4-3-5-7(8)10/h3-5,11H,2H2,1H3. The normalized spacial score (nSPS) is 11.6. The van der Waals surface area contributed by atoms with Crippen LogP contribution in [0.2, 0.25) is 5.02 Å². The van der Waals surface area contributed by atoms with E-state index in [-0.39, 0.29) is 9.92 Å². The van der Waals surface area contributed by atoms with Gasteiger partial charge in [0.2, 0.25) is 10.0 Å². The van der Waals surface area contributed by atoms with Gasteiger partial charge in [-0.1, -0.05) is 24.6 Å². The third-order valence-electron chi connectivity index (χ3n) is 1.52. The minimum absolute atomic E-state index is 0.0866. The monoisotopic (exact) mass is 297 g/mol. The van der Waals surface area contributed by atoms with Crippen LogP contribution >= 0.6 is 27.5 Å². The lowest BCUT2D eigenvalue weighted by atomic mass is 10.4. The van der Waals surface area contributed by atoms with E-state index in [2.05, 4.69) is 20.7 Å². The molecule has 1 aromatic rings. The number of sulfonamides is 1. The summed E-state index contributed by atoms with van der Waals surface area (Å²) in [5, 5.41) is 0.209. The fourth-order valence-corrected chi connectivity index (χ4v) is 3.77. The Morgan fingerprint density at radius 2 is 2.14 bits per heavy atom. The average molecular weight is 299 g/mol. The van der Waals surface area contributed by atoms with Crippen LogP contribution in [-0.4, -0.2) is 15.0 Å². The van der Waals surface area contributed by atoms with Gasteiger partial charge in [0.25, 0.3) is 0 Å². The minimum Gasteiger partial charge on any atom is -0.211 e. The molecule has 0 aliphatic heterocycles. The van der Waals surface area contributed by atoms with E-state index < -0.39 is 10.0 Å². The first kappa shape index (κ1) is 12.0. The van der Waals surface area contributed by atoms with Gasteiger partial charge in [-0.05, 0) is 28.1 Å². The molecule has 0 aromatic heterocycles. The maximum Gasteiger partial charge on any atom is 0.243 e. The number of rotatable bonds is 3. The Balaban J connectivity index is 3.32. The molecule has 0 bridgehead atoms. The fourth-order valence-electron chi connectivity index (χ4n) is 1.00. The van der Waals surface area contributed by atoms with Crippen molar-refractivity contribution in [2.75, 3.05) is 6.54 Å². The highest BCUT2D eigenvalue weighted by Gasteiger charge is 2.19. The molecule has 78 valence electrons. The maximum atomic E-state index is 11.6. The van der Waals surface area contributed by atoms with Gasteiger partial charge in [-0.15, -0.1) is 0 Å². The first-order chi connectivity index (χ1) is 6.49. The second-order valence-corrected chi connectivity index (χ2v) is 5.52. The summed E-state index contributed by atoms with van der Waals surface area (Å²) in [7, 11) is -3.50. The lowest BCUT2D eigenvalue weighted by Crippen LogP contribution is -2.23. The summed E-state index contributed by atoms with van der Waals surface area (Å²) < 4.78 is 26.1. The number of nitrogens with one attached hydrogen (secondary N) is 1. The van der Waals surface area contributed by atoms with Crippen molar-refractivity contribution in [3.8, 4) is 0 Å². The molecule has 6 heteroatoms. The molecule has 1 rings (SSSR count). The third-order valence-corrected chi connectivity index (χ3v) is 4.52. The highest BCUT2D eigenvalue weighted by Crippen LogP contribution is 2.28. The zero-order valence-electron chi connectivity index (χ0n) is 7.42. The van der Waals surface area contributed by atoms with Crippen LogP contribution in [-0.2, 0) is 10.0 Å². The lowest BCUT2D eigenvalue weighted by molar-refractivity contribution is 0.583. The molecule has 0 aliphatic carbocycles. The van der Waals surface area contributed by atoms with Crippen molar-refractivity contribution in [1.82, 2.24) is 4.72 Å². The summed E-state index contributed by atoms with van der Waals surface area (Å²) in [4.78, 5) is 0.0866. The molecule has 1 aromatic carbocycles. The minimum atomic E-state index is -3.50. The van der Waals surface area contributed by atoms with Gasteiger partial charge in [0.1, 0.15) is 4.90 Å². The summed E-state index contributed by atoms with van der Waals surface area (Å²) in [5.41, 5.74) is 0. The van der Waals surface area contributed by atoms with Crippen molar-refractivity contribution < 1.29 is 8.42 Å². The number of hydrogen-bond donors (Lipinski definition) is 1. The predicted octanol–water partition coefficient (Wildman–Crippen LogP) is 2.40. The van der Waals surface area contributed by atoms with E-state index in [0.717, 1.165) is 0 Å². The van der Waals surface area contributed by atoms with E-state index in [1.807, 2.05) is 0 Å². The van der Waals surface area contributed by atoms with Gasteiger partial charge in [0.15, 0.2) is 0 Å². The van der Waals surface area contributed by atoms with Gasteiger partial charge in [0, 0.05) is 11.0 Å². The number of halogens is 2. The Bertz CT molecular complexity index is 413. The second-order valence-electron chi connectivity index (χ2n) is 2.55. The van der Waals surface area contributed by atoms with E-state index in [0.29, 0.717) is 11.0 Å². The number of benzene rings is 1. The summed E-state index contributed by atoms with van der Waals surface area (Å²) >= 11 is 8.95. The van der Waals surface area contributed by atoms with Crippen LogP contribution in [0, 0.1) is 0 Å². The van der Waals surface area contributed by atoms with Crippen molar-refractivity contribution >= 4 is 37.6 Å². The molecule has 0 amide bonds. The van der Waals surface area contributed by atoms with Crippen molar-refractivity contribution in [2.45, 2.75) is 11.8 Å². The van der Waals surface area contributed by atoms with Gasteiger partial charge in [0.05, 0.1) is 5.02 Å². The van der Waals surface area contributed by atoms with Crippen molar-refractivity contribution in [3.05, 3.63) is 27.7 Å². The average Bonchev–Trinajstić information content (AvgIpc) is 2.02. The van der Waals surface area contributed by atoms with Crippen molar-refractivity contribution in [1.29, 1.82) is 0 Å². The summed E-state index contributed by atoms with van der Waals surface area (Å²) in [5.74, 6) is 0. The van der Waals surface area contributed by atoms with Crippen LogP contribution in [0.4, 0.5) is 0 Å². The van der Waals surface area contributed by atoms with E-state index in [4.69, 9.17) is 11.6 Å². The molecular formula is C8H9BrClNO2S. The van der Waals surface area contributed by atoms with Crippen molar-refractivity contribution in [3.63, 3.8) is 0 Å². The quantitative estimate of drug-likeness (QED) is 0.931. The summed E-state index contributed by atoms with van der Waals surface area (Å²) in [6.07, 6.45) is 0. The molecule has 14 heavy (non-hydrogen) atoms. The zero-order valence-corrected chi connectivity index (χ0v) is 10.6. The molecule has 0 heterocycles. The van der Waals surface area contributed by atoms with Crippen LogP contribution in [0.15, 0.2) is 27.6 Å². The Kier molecular flexibility index (Phi) is 3.94. The molecule has 0 fully saturated rings. The van der Waals surface area contributed by atoms with Crippen molar-refractivity contribution in [2.24, 2.45) is 0 Å². The molecule has 0 spiro atoms. The third kappa shape index (κ3) is 2.48. The Morgan fingerprint density at radius 1 is 1.50 bits per heavy atom. The van der Waals surface area contributed by atoms with Gasteiger partial charge in [-0.3, -0.25) is 0 Å². The summed E-state index contributed by atoms with van der Waals surface area (Å²) in [6.45, 7) is 2.04. The SMILES string of the molecule is CCNS(=O)(=O)c1c(Cl)cccc1Br. The van der Waals surface area contributed by atoms with Gasteiger partial charge in [-0.25, -0.2) is 13.1 Å². The molecule has 0 aliphatic rings. The molecule has 3 nitrogen and oxygen atoms in total. The molecule has 0 atom stereocenters. The Labute approximate surface area is 96.6 Å². The predicted molar refractivity (Wildman–Crippen MR) is 60.0 cm³/mol. The molecule has 0 unspecified atom stereocenters. The van der Waals surface area contributed by atoms with E-state index in [9.17, 15) is 8.42 Å². The number of hydrogen-bond acceptors (Lipinski definition) is 2. The maximum absolute atomic E-state index is 11.6. The van der Waals surface area contributed by atoms with Gasteiger partial charge < -0.3 is 0 Å². The molecular weight excluding hydrogens is 290 g/mol. The fraction of sp³-hybridized carbons (Fsp3) is 0.250. The Hall–Kier alpha value is -0.100. The Morgan fingerprint density at radius 3 is 2.64 bits per heavy atom. The summed E-state index contributed by atoms with van der Waals surface area (Å²) in [6, 6.07) is 4.85.